The molecule has 0 spiro atoms. The lowest BCUT2D eigenvalue weighted by Gasteiger charge is -2.13. The van der Waals surface area contributed by atoms with Gasteiger partial charge in [0, 0.05) is 11.3 Å². The highest BCUT2D eigenvalue weighted by Crippen LogP contribution is 2.20. The number of rotatable bonds is 4. The third-order valence-corrected chi connectivity index (χ3v) is 4.11. The van der Waals surface area contributed by atoms with Crippen LogP contribution in [0.25, 0.3) is 0 Å². The van der Waals surface area contributed by atoms with E-state index in [0.717, 1.165) is 24.8 Å². The van der Waals surface area contributed by atoms with Gasteiger partial charge in [0.1, 0.15) is 0 Å². The summed E-state index contributed by atoms with van der Waals surface area (Å²) in [5.74, 6) is 0.165. The fraction of sp³-hybridized carbons (Fsp3) is 0.412. The van der Waals surface area contributed by atoms with E-state index < -0.39 is 0 Å². The molecule has 3 rings (SSSR count). The van der Waals surface area contributed by atoms with Crippen LogP contribution in [0.3, 0.4) is 0 Å². The molecule has 0 fully saturated rings. The predicted octanol–water partition coefficient (Wildman–Crippen LogP) is 3.21. The largest absolute Gasteiger partial charge is 0.327 e. The van der Waals surface area contributed by atoms with Gasteiger partial charge in [0.05, 0.1) is 18.6 Å². The van der Waals surface area contributed by atoms with Gasteiger partial charge < -0.3 is 4.57 Å². The molecule has 1 aliphatic carbocycles. The minimum atomic E-state index is 0.165. The van der Waals surface area contributed by atoms with Crippen LogP contribution in [0.4, 0.5) is 0 Å². The zero-order chi connectivity index (χ0) is 13.9. The molecule has 1 aromatic heterocycles. The monoisotopic (exact) mass is 268 g/mol. The Bertz CT molecular complexity index is 610. The Morgan fingerprint density at radius 1 is 1.20 bits per heavy atom. The van der Waals surface area contributed by atoms with E-state index in [-0.39, 0.29) is 5.78 Å². The van der Waals surface area contributed by atoms with Crippen LogP contribution >= 0.6 is 0 Å². The fourth-order valence-electron chi connectivity index (χ4n) is 2.84. The van der Waals surface area contributed by atoms with E-state index >= 15 is 0 Å². The minimum Gasteiger partial charge on any atom is -0.327 e. The number of carbonyl (C=O) groups excluding carboxylic acids is 1. The molecule has 0 atom stereocenters. The Balaban J connectivity index is 1.76. The maximum Gasteiger partial charge on any atom is 0.182 e. The van der Waals surface area contributed by atoms with Crippen LogP contribution in [0.2, 0.25) is 0 Å². The van der Waals surface area contributed by atoms with E-state index in [9.17, 15) is 4.79 Å². The van der Waals surface area contributed by atoms with Crippen molar-refractivity contribution in [3.8, 4) is 0 Å². The summed E-state index contributed by atoms with van der Waals surface area (Å²) >= 11 is 0. The van der Waals surface area contributed by atoms with E-state index in [1.54, 1.807) is 0 Å². The molecule has 0 saturated heterocycles. The molecule has 1 heterocycles. The Morgan fingerprint density at radius 3 is 2.70 bits per heavy atom. The van der Waals surface area contributed by atoms with Gasteiger partial charge in [0.15, 0.2) is 5.78 Å². The van der Waals surface area contributed by atoms with E-state index in [2.05, 4.69) is 11.9 Å². The van der Waals surface area contributed by atoms with Gasteiger partial charge in [0.2, 0.25) is 0 Å². The molecule has 0 N–H and O–H groups in total. The van der Waals surface area contributed by atoms with E-state index in [0.29, 0.717) is 6.54 Å². The number of aryl methyl sites for hydroxylation is 2. The summed E-state index contributed by atoms with van der Waals surface area (Å²) in [7, 11) is 0. The van der Waals surface area contributed by atoms with Gasteiger partial charge in [0.25, 0.3) is 0 Å². The first-order valence-electron chi connectivity index (χ1n) is 7.43. The number of fused-ring (bicyclic) bond motifs is 1. The lowest BCUT2D eigenvalue weighted by Crippen LogP contribution is -2.14. The van der Waals surface area contributed by atoms with Gasteiger partial charge in [-0.3, -0.25) is 4.79 Å². The minimum absolute atomic E-state index is 0.165. The second kappa shape index (κ2) is 5.61. The van der Waals surface area contributed by atoms with Crippen molar-refractivity contribution < 1.29 is 4.79 Å². The number of carbonyl (C=O) groups is 1. The van der Waals surface area contributed by atoms with Crippen molar-refractivity contribution in [3.63, 3.8) is 0 Å². The Kier molecular flexibility index (Phi) is 3.68. The number of nitrogens with zero attached hydrogens (tertiary/aromatic N) is 2. The first-order valence-corrected chi connectivity index (χ1v) is 7.43. The molecule has 20 heavy (non-hydrogen) atoms. The first kappa shape index (κ1) is 13.1. The highest BCUT2D eigenvalue weighted by atomic mass is 16.1. The molecular formula is C17H20N2O. The van der Waals surface area contributed by atoms with E-state index in [4.69, 9.17) is 0 Å². The number of aromatic nitrogens is 2. The van der Waals surface area contributed by atoms with Gasteiger partial charge in [-0.15, -0.1) is 0 Å². The van der Waals surface area contributed by atoms with E-state index in [1.165, 1.54) is 29.8 Å². The van der Waals surface area contributed by atoms with Crippen molar-refractivity contribution in [2.45, 2.75) is 45.6 Å². The molecule has 0 radical (unpaired) electrons. The second-order valence-electron chi connectivity index (χ2n) is 5.45. The van der Waals surface area contributed by atoms with Gasteiger partial charge in [-0.1, -0.05) is 31.2 Å². The van der Waals surface area contributed by atoms with Crippen molar-refractivity contribution in [3.05, 3.63) is 53.1 Å². The molecule has 0 saturated carbocycles. The van der Waals surface area contributed by atoms with Crippen molar-refractivity contribution in [1.82, 2.24) is 9.55 Å². The number of hydrogen-bond acceptors (Lipinski definition) is 2. The smallest absolute Gasteiger partial charge is 0.182 e. The lowest BCUT2D eigenvalue weighted by atomic mass is 10.0. The zero-order valence-electron chi connectivity index (χ0n) is 11.9. The summed E-state index contributed by atoms with van der Waals surface area (Å²) < 4.78 is 2.03. The highest BCUT2D eigenvalue weighted by Gasteiger charge is 2.17. The number of ketones is 1. The van der Waals surface area contributed by atoms with Crippen LogP contribution in [-0.2, 0) is 25.8 Å². The highest BCUT2D eigenvalue weighted by molar-refractivity contribution is 5.95. The van der Waals surface area contributed by atoms with Gasteiger partial charge >= 0.3 is 0 Å². The quantitative estimate of drug-likeness (QED) is 0.798. The number of hydrogen-bond donors (Lipinski definition) is 0. The van der Waals surface area contributed by atoms with Crippen LogP contribution in [0.15, 0.2) is 30.6 Å². The summed E-state index contributed by atoms with van der Waals surface area (Å²) in [4.78, 5) is 16.8. The number of Topliss-reactive ketones (excluding diaryl/α,β-unsaturated/α-hetero) is 1. The molecule has 0 bridgehead atoms. The molecule has 1 aromatic carbocycles. The van der Waals surface area contributed by atoms with Crippen molar-refractivity contribution in [2.24, 2.45) is 0 Å². The standard InChI is InChI=1S/C17H20N2O/c1-2-13-7-9-14(10-8-13)17(20)11-19-12-18-15-5-3-4-6-16(15)19/h7-10,12H,2-6,11H2,1H3. The Morgan fingerprint density at radius 2 is 1.95 bits per heavy atom. The summed E-state index contributed by atoms with van der Waals surface area (Å²) in [6, 6.07) is 7.95. The fourth-order valence-corrected chi connectivity index (χ4v) is 2.84. The maximum atomic E-state index is 12.3. The zero-order valence-corrected chi connectivity index (χ0v) is 11.9. The molecule has 0 aliphatic heterocycles. The topological polar surface area (TPSA) is 34.9 Å². The summed E-state index contributed by atoms with van der Waals surface area (Å²) in [6.07, 6.45) is 7.37. The van der Waals surface area contributed by atoms with Gasteiger partial charge in [-0.25, -0.2) is 4.98 Å². The first-order chi connectivity index (χ1) is 9.78. The van der Waals surface area contributed by atoms with Gasteiger partial charge in [-0.2, -0.15) is 0 Å². The molecule has 1 aliphatic rings. The second-order valence-corrected chi connectivity index (χ2v) is 5.45. The molecule has 0 unspecified atom stereocenters. The van der Waals surface area contributed by atoms with E-state index in [1.807, 2.05) is 35.2 Å². The van der Waals surface area contributed by atoms with Crippen LogP contribution < -0.4 is 0 Å². The molecule has 0 amide bonds. The average molecular weight is 268 g/mol. The van der Waals surface area contributed by atoms with Crippen LogP contribution in [-0.4, -0.2) is 15.3 Å². The van der Waals surface area contributed by atoms with Crippen LogP contribution in [0, 0.1) is 0 Å². The van der Waals surface area contributed by atoms with Gasteiger partial charge in [-0.05, 0) is 37.7 Å². The SMILES string of the molecule is CCc1ccc(C(=O)Cn2cnc3c2CCCC3)cc1. The predicted molar refractivity (Wildman–Crippen MR) is 79.0 cm³/mol. The van der Waals surface area contributed by atoms with Crippen molar-refractivity contribution in [1.29, 1.82) is 0 Å². The molecule has 104 valence electrons. The van der Waals surface area contributed by atoms with Crippen LogP contribution in [0.1, 0.15) is 47.1 Å². The lowest BCUT2D eigenvalue weighted by molar-refractivity contribution is 0.0971. The third kappa shape index (κ3) is 2.53. The Hall–Kier alpha value is -1.90. The number of benzene rings is 1. The number of imidazole rings is 1. The molecular weight excluding hydrogens is 248 g/mol. The van der Waals surface area contributed by atoms with Crippen LogP contribution in [0.5, 0.6) is 0 Å². The normalized spacial score (nSPS) is 14.1. The van der Waals surface area contributed by atoms with Crippen molar-refractivity contribution in [2.75, 3.05) is 0 Å². The molecule has 3 nitrogen and oxygen atoms in total. The van der Waals surface area contributed by atoms with Crippen molar-refractivity contribution >= 4 is 5.78 Å². The average Bonchev–Trinajstić information content (AvgIpc) is 2.91. The third-order valence-electron chi connectivity index (χ3n) is 4.11. The molecule has 3 heteroatoms. The maximum absolute atomic E-state index is 12.3. The molecule has 2 aromatic rings. The summed E-state index contributed by atoms with van der Waals surface area (Å²) in [6.45, 7) is 2.53. The summed E-state index contributed by atoms with van der Waals surface area (Å²) in [5.41, 5.74) is 4.50. The Labute approximate surface area is 119 Å². The summed E-state index contributed by atoms with van der Waals surface area (Å²) in [5, 5.41) is 0.